The molecule has 1 aliphatic heterocycles. The maximum Gasteiger partial charge on any atom is 0.212 e. The Bertz CT molecular complexity index is 1160. The van der Waals surface area contributed by atoms with Gasteiger partial charge in [-0.15, -0.1) is 0 Å². The molecule has 2 saturated carbocycles. The molecule has 1 aromatic heterocycles. The summed E-state index contributed by atoms with van der Waals surface area (Å²) in [7, 11) is -3.52. The number of nitrogens with zero attached hydrogens (tertiary/aromatic N) is 4. The van der Waals surface area contributed by atoms with Crippen molar-refractivity contribution in [1.29, 1.82) is 0 Å². The lowest BCUT2D eigenvalue weighted by Crippen LogP contribution is -2.49. The molecule has 2 unspecified atom stereocenters. The monoisotopic (exact) mass is 517 g/mol. The molecule has 190 valence electrons. The number of hydrogen-bond donors (Lipinski definition) is 1. The molecule has 2 aromatic rings. The molecule has 3 aliphatic rings. The van der Waals surface area contributed by atoms with Gasteiger partial charge in [0, 0.05) is 69.1 Å². The SMILES string of the molecule is CC1(C)C2CCC1(CS(=O)(=O)NCCN1CCN(c3nc(Cc4ccccc4)ns3)CC1)C(=O)C2. The predicted octanol–water partition coefficient (Wildman–Crippen LogP) is 2.57. The topological polar surface area (TPSA) is 95.5 Å². The maximum atomic E-state index is 12.9. The first-order valence-electron chi connectivity index (χ1n) is 12.5. The summed E-state index contributed by atoms with van der Waals surface area (Å²) < 4.78 is 33.1. The zero-order valence-corrected chi connectivity index (χ0v) is 22.2. The van der Waals surface area contributed by atoms with E-state index in [1.165, 1.54) is 17.1 Å². The summed E-state index contributed by atoms with van der Waals surface area (Å²) in [4.78, 5) is 22.0. The van der Waals surface area contributed by atoms with Gasteiger partial charge in [0.25, 0.3) is 0 Å². The first-order chi connectivity index (χ1) is 16.7. The number of carbonyl (C=O) groups is 1. The smallest absolute Gasteiger partial charge is 0.212 e. The summed E-state index contributed by atoms with van der Waals surface area (Å²) in [5.74, 6) is 1.25. The minimum absolute atomic E-state index is 0.0710. The van der Waals surface area contributed by atoms with Crippen LogP contribution in [0.25, 0.3) is 0 Å². The fourth-order valence-corrected chi connectivity index (χ4v) is 8.80. The molecule has 2 aliphatic carbocycles. The number of sulfonamides is 1. The normalized spacial score (nSPS) is 26.5. The van der Waals surface area contributed by atoms with Crippen LogP contribution in [0, 0.1) is 16.7 Å². The van der Waals surface area contributed by atoms with E-state index in [0.29, 0.717) is 31.8 Å². The van der Waals surface area contributed by atoms with E-state index in [4.69, 9.17) is 4.98 Å². The largest absolute Gasteiger partial charge is 0.344 e. The van der Waals surface area contributed by atoms with Crippen LogP contribution in [0.5, 0.6) is 0 Å². The van der Waals surface area contributed by atoms with Crippen molar-refractivity contribution in [1.82, 2.24) is 19.0 Å². The van der Waals surface area contributed by atoms with Crippen LogP contribution in [-0.4, -0.2) is 73.5 Å². The van der Waals surface area contributed by atoms with Crippen LogP contribution < -0.4 is 9.62 Å². The Labute approximate surface area is 212 Å². The van der Waals surface area contributed by atoms with E-state index in [1.807, 2.05) is 18.2 Å². The van der Waals surface area contributed by atoms with Crippen molar-refractivity contribution in [2.75, 3.05) is 49.9 Å². The fraction of sp³-hybridized carbons (Fsp3) is 0.640. The molecular formula is C25H35N5O3S2. The highest BCUT2D eigenvalue weighted by Crippen LogP contribution is 2.64. The van der Waals surface area contributed by atoms with Gasteiger partial charge in [-0.25, -0.2) is 18.1 Å². The van der Waals surface area contributed by atoms with E-state index >= 15 is 0 Å². The van der Waals surface area contributed by atoms with Crippen LogP contribution in [0.15, 0.2) is 30.3 Å². The average Bonchev–Trinajstić information content (AvgIpc) is 3.43. The predicted molar refractivity (Wildman–Crippen MR) is 138 cm³/mol. The molecule has 8 nitrogen and oxygen atoms in total. The summed E-state index contributed by atoms with van der Waals surface area (Å²) in [6.07, 6.45) is 2.93. The fourth-order valence-electron chi connectivity index (χ4n) is 6.23. The summed E-state index contributed by atoms with van der Waals surface area (Å²) in [6, 6.07) is 10.2. The van der Waals surface area contributed by atoms with Crippen molar-refractivity contribution >= 4 is 32.5 Å². The molecule has 1 aromatic carbocycles. The van der Waals surface area contributed by atoms with Gasteiger partial charge >= 0.3 is 0 Å². The highest BCUT2D eigenvalue weighted by Gasteiger charge is 2.65. The Kier molecular flexibility index (Phi) is 6.76. The second kappa shape index (κ2) is 9.53. The van der Waals surface area contributed by atoms with Gasteiger partial charge in [-0.2, -0.15) is 4.37 Å². The maximum absolute atomic E-state index is 12.9. The number of carbonyl (C=O) groups excluding carboxylic acids is 1. The zero-order chi connectivity index (χ0) is 24.7. The van der Waals surface area contributed by atoms with E-state index < -0.39 is 15.4 Å². The number of anilines is 1. The Morgan fingerprint density at radius 2 is 1.89 bits per heavy atom. The van der Waals surface area contributed by atoms with Gasteiger partial charge < -0.3 is 4.90 Å². The van der Waals surface area contributed by atoms with Crippen molar-refractivity contribution < 1.29 is 13.2 Å². The number of nitrogens with one attached hydrogen (secondary N) is 1. The number of fused-ring (bicyclic) bond motifs is 2. The number of aromatic nitrogens is 2. The molecule has 0 radical (unpaired) electrons. The van der Waals surface area contributed by atoms with E-state index in [9.17, 15) is 13.2 Å². The third-order valence-corrected chi connectivity index (χ3v) is 11.0. The van der Waals surface area contributed by atoms with Crippen molar-refractivity contribution in [2.24, 2.45) is 16.7 Å². The van der Waals surface area contributed by atoms with Gasteiger partial charge in [-0.3, -0.25) is 9.69 Å². The summed E-state index contributed by atoms with van der Waals surface area (Å²) in [6.45, 7) is 8.59. The van der Waals surface area contributed by atoms with E-state index in [1.54, 1.807) is 0 Å². The molecule has 3 fully saturated rings. The number of hydrogen-bond acceptors (Lipinski definition) is 8. The Hall–Kier alpha value is -1.88. The number of rotatable bonds is 9. The Morgan fingerprint density at radius 3 is 2.54 bits per heavy atom. The highest BCUT2D eigenvalue weighted by molar-refractivity contribution is 7.89. The molecular weight excluding hydrogens is 482 g/mol. The van der Waals surface area contributed by atoms with Gasteiger partial charge in [-0.05, 0) is 29.7 Å². The third-order valence-electron chi connectivity index (χ3n) is 8.63. The van der Waals surface area contributed by atoms with Crippen molar-refractivity contribution in [3.63, 3.8) is 0 Å². The molecule has 1 N–H and O–H groups in total. The lowest BCUT2D eigenvalue weighted by Gasteiger charge is -2.36. The molecule has 10 heteroatoms. The summed E-state index contributed by atoms with van der Waals surface area (Å²) >= 11 is 1.44. The molecule has 2 bridgehead atoms. The number of benzene rings is 1. The first kappa shape index (κ1) is 24.8. The minimum Gasteiger partial charge on any atom is -0.344 e. The number of ketones is 1. The lowest BCUT2D eigenvalue weighted by atomic mass is 9.70. The summed E-state index contributed by atoms with van der Waals surface area (Å²) in [5, 5.41) is 0.953. The average molecular weight is 518 g/mol. The molecule has 2 heterocycles. The van der Waals surface area contributed by atoms with Crippen molar-refractivity contribution in [3.8, 4) is 0 Å². The number of Topliss-reactive ketones (excluding diaryl/α,β-unsaturated/α-hetero) is 1. The second-order valence-electron chi connectivity index (χ2n) is 10.8. The Morgan fingerprint density at radius 1 is 1.14 bits per heavy atom. The molecule has 35 heavy (non-hydrogen) atoms. The summed E-state index contributed by atoms with van der Waals surface area (Å²) in [5.41, 5.74) is 0.258. The van der Waals surface area contributed by atoms with E-state index in [2.05, 4.69) is 44.9 Å². The van der Waals surface area contributed by atoms with Crippen LogP contribution in [0.4, 0.5) is 5.13 Å². The van der Waals surface area contributed by atoms with Crippen LogP contribution in [0.1, 0.15) is 44.5 Å². The zero-order valence-electron chi connectivity index (χ0n) is 20.6. The van der Waals surface area contributed by atoms with E-state index in [-0.39, 0.29) is 17.0 Å². The molecule has 2 atom stereocenters. The highest BCUT2D eigenvalue weighted by atomic mass is 32.2. The number of piperazine rings is 1. The molecule has 0 spiro atoms. The third kappa shape index (κ3) is 4.90. The minimum atomic E-state index is -3.52. The van der Waals surface area contributed by atoms with Crippen LogP contribution in [0.3, 0.4) is 0 Å². The van der Waals surface area contributed by atoms with Crippen molar-refractivity contribution in [2.45, 2.75) is 39.5 Å². The molecule has 5 rings (SSSR count). The van der Waals surface area contributed by atoms with Gasteiger partial charge in [0.1, 0.15) is 11.6 Å². The van der Waals surface area contributed by atoms with Crippen LogP contribution >= 0.6 is 11.5 Å². The lowest BCUT2D eigenvalue weighted by molar-refractivity contribution is -0.128. The Balaban J connectivity index is 1.08. The standard InChI is InChI=1S/C25H35N5O3S2/c1-24(2)20-8-9-25(24,21(31)17-20)18-35(32,33)26-10-11-29-12-14-30(15-13-29)23-27-22(28-34-23)16-19-6-4-3-5-7-19/h3-7,20,26H,8-18H2,1-2H3. The van der Waals surface area contributed by atoms with Gasteiger partial charge in [0.15, 0.2) is 0 Å². The quantitative estimate of drug-likeness (QED) is 0.546. The first-order valence-corrected chi connectivity index (χ1v) is 15.0. The van der Waals surface area contributed by atoms with Crippen LogP contribution in [-0.2, 0) is 21.2 Å². The van der Waals surface area contributed by atoms with Crippen LogP contribution in [0.2, 0.25) is 0 Å². The second-order valence-corrected chi connectivity index (χ2v) is 13.3. The molecule has 0 amide bonds. The van der Waals surface area contributed by atoms with Gasteiger partial charge in [0.2, 0.25) is 15.2 Å². The van der Waals surface area contributed by atoms with Gasteiger partial charge in [-0.1, -0.05) is 44.2 Å². The molecule has 1 saturated heterocycles. The van der Waals surface area contributed by atoms with Gasteiger partial charge in [0.05, 0.1) is 5.75 Å². The van der Waals surface area contributed by atoms with Crippen molar-refractivity contribution in [3.05, 3.63) is 41.7 Å². The van der Waals surface area contributed by atoms with E-state index in [0.717, 1.165) is 50.0 Å².